The second-order valence-electron chi connectivity index (χ2n) is 10.4. The first-order valence-electron chi connectivity index (χ1n) is 13.1. The number of aromatic nitrogens is 1. The highest BCUT2D eigenvalue weighted by molar-refractivity contribution is 5.88. The molecule has 0 unspecified atom stereocenters. The molecule has 0 amide bonds. The van der Waals surface area contributed by atoms with Crippen LogP contribution in [-0.2, 0) is 28.8 Å². The molecule has 3 aromatic rings. The van der Waals surface area contributed by atoms with Crippen LogP contribution in [0.2, 0.25) is 0 Å². The number of nitriles is 1. The van der Waals surface area contributed by atoms with Crippen molar-refractivity contribution in [3.63, 3.8) is 0 Å². The third-order valence-electron chi connectivity index (χ3n) is 8.44. The number of aryl methyl sites for hydroxylation is 1. The molecule has 0 spiro atoms. The van der Waals surface area contributed by atoms with Crippen molar-refractivity contribution in [2.45, 2.75) is 51.6 Å². The predicted molar refractivity (Wildman–Crippen MR) is 140 cm³/mol. The van der Waals surface area contributed by atoms with Gasteiger partial charge in [0.15, 0.2) is 6.19 Å². The van der Waals surface area contributed by atoms with E-state index in [0.717, 1.165) is 32.1 Å². The van der Waals surface area contributed by atoms with Crippen LogP contribution in [0.25, 0.3) is 16.6 Å². The molecule has 2 heterocycles. The average molecular weight is 486 g/mol. The number of hydrogen-bond acceptors (Lipinski definition) is 5. The molecular weight excluding hydrogens is 450 g/mol. The number of carbonyl (C=O) groups excluding carboxylic acids is 1. The first-order chi connectivity index (χ1) is 17.5. The standard InChI is InChI=1S/C30H35N3O3/c1-20-22(14-15-28(34)29(20)30(35)36-2)18-32(19-31)17-16-24-23-10-4-6-12-26(23)33-25-11-5-3-8-21(25)9-7-13-27(24)33/h3-6,8,10-12,20,22,28-29,34H,7,9,13-18H2,1-2H3/t20-,22-,28-,29+/m0/s1. The molecular formula is C30H35N3O3. The summed E-state index contributed by atoms with van der Waals surface area (Å²) in [6, 6.07) is 17.3. The number of nitrogens with zero attached hydrogens (tertiary/aromatic N) is 3. The van der Waals surface area contributed by atoms with Gasteiger partial charge in [0.05, 0.1) is 24.6 Å². The van der Waals surface area contributed by atoms with Crippen LogP contribution in [0.5, 0.6) is 0 Å². The lowest BCUT2D eigenvalue weighted by molar-refractivity contribution is -0.156. The average Bonchev–Trinajstić information content (AvgIpc) is 3.07. The van der Waals surface area contributed by atoms with Crippen LogP contribution in [0, 0.1) is 29.2 Å². The Morgan fingerprint density at radius 2 is 1.94 bits per heavy atom. The van der Waals surface area contributed by atoms with Crippen LogP contribution >= 0.6 is 0 Å². The highest BCUT2D eigenvalue weighted by Crippen LogP contribution is 2.37. The minimum atomic E-state index is -0.676. The van der Waals surface area contributed by atoms with E-state index in [9.17, 15) is 15.2 Å². The normalized spacial score (nSPS) is 23.3. The van der Waals surface area contributed by atoms with Crippen molar-refractivity contribution in [3.8, 4) is 11.9 Å². The lowest BCUT2D eigenvalue weighted by Crippen LogP contribution is -2.45. The number of hydrogen-bond donors (Lipinski definition) is 1. The Labute approximate surface area is 213 Å². The van der Waals surface area contributed by atoms with Gasteiger partial charge in [-0.1, -0.05) is 43.3 Å². The van der Waals surface area contributed by atoms with E-state index in [4.69, 9.17) is 4.74 Å². The van der Waals surface area contributed by atoms with Crippen LogP contribution in [0.1, 0.15) is 43.0 Å². The van der Waals surface area contributed by atoms with Gasteiger partial charge in [0.1, 0.15) is 0 Å². The zero-order chi connectivity index (χ0) is 25.2. The SMILES string of the molecule is COC(=O)[C@@H]1[C@@H](C)[C@H](CN(C#N)CCc2c3n(c4ccccc24)-c2ccccc2CCC3)CC[C@@H]1O. The third-order valence-corrected chi connectivity index (χ3v) is 8.44. The molecule has 0 radical (unpaired) electrons. The van der Waals surface area contributed by atoms with Gasteiger partial charge in [0, 0.05) is 29.9 Å². The van der Waals surface area contributed by atoms with Crippen molar-refractivity contribution in [3.05, 3.63) is 65.4 Å². The number of ether oxygens (including phenoxy) is 1. The fraction of sp³-hybridized carbons (Fsp3) is 0.467. The summed E-state index contributed by atoms with van der Waals surface area (Å²) in [5.41, 5.74) is 6.58. The number of carbonyl (C=O) groups is 1. The van der Waals surface area contributed by atoms with Crippen molar-refractivity contribution in [1.29, 1.82) is 5.26 Å². The van der Waals surface area contributed by atoms with Gasteiger partial charge in [-0.25, -0.2) is 0 Å². The van der Waals surface area contributed by atoms with E-state index in [-0.39, 0.29) is 17.8 Å². The van der Waals surface area contributed by atoms with E-state index < -0.39 is 12.0 Å². The summed E-state index contributed by atoms with van der Waals surface area (Å²) in [4.78, 5) is 14.1. The summed E-state index contributed by atoms with van der Waals surface area (Å²) >= 11 is 0. The van der Waals surface area contributed by atoms with E-state index in [1.807, 2.05) is 11.8 Å². The van der Waals surface area contributed by atoms with Gasteiger partial charge in [-0.2, -0.15) is 5.26 Å². The Bertz CT molecular complexity index is 1290. The van der Waals surface area contributed by atoms with Crippen LogP contribution in [0.3, 0.4) is 0 Å². The molecule has 1 aromatic heterocycles. The minimum absolute atomic E-state index is 0.0415. The molecule has 1 aliphatic heterocycles. The van der Waals surface area contributed by atoms with E-state index in [1.54, 1.807) is 0 Å². The molecule has 1 saturated carbocycles. The summed E-state index contributed by atoms with van der Waals surface area (Å²) in [5, 5.41) is 21.7. The Balaban J connectivity index is 1.39. The largest absolute Gasteiger partial charge is 0.469 e. The zero-order valence-electron chi connectivity index (χ0n) is 21.2. The van der Waals surface area contributed by atoms with Crippen LogP contribution < -0.4 is 0 Å². The van der Waals surface area contributed by atoms with Gasteiger partial charge >= 0.3 is 5.97 Å². The second kappa shape index (κ2) is 10.4. The molecule has 6 nitrogen and oxygen atoms in total. The van der Waals surface area contributed by atoms with Crippen molar-refractivity contribution >= 4 is 16.9 Å². The monoisotopic (exact) mass is 485 g/mol. The number of para-hydroxylation sites is 2. The first kappa shape index (κ1) is 24.4. The van der Waals surface area contributed by atoms with E-state index in [0.29, 0.717) is 19.5 Å². The molecule has 6 heteroatoms. The molecule has 1 N–H and O–H groups in total. The first-order valence-corrected chi connectivity index (χ1v) is 13.1. The minimum Gasteiger partial charge on any atom is -0.469 e. The van der Waals surface area contributed by atoms with Gasteiger partial charge < -0.3 is 19.3 Å². The molecule has 1 fully saturated rings. The fourth-order valence-electron chi connectivity index (χ4n) is 6.51. The molecule has 4 atom stereocenters. The maximum atomic E-state index is 12.3. The van der Waals surface area contributed by atoms with Gasteiger partial charge in [-0.3, -0.25) is 4.79 Å². The number of methoxy groups -OCH3 is 1. The molecule has 5 rings (SSSR count). The summed E-state index contributed by atoms with van der Waals surface area (Å²) < 4.78 is 7.40. The lowest BCUT2D eigenvalue weighted by atomic mass is 9.71. The van der Waals surface area contributed by atoms with Crippen LogP contribution in [0.15, 0.2) is 48.5 Å². The maximum Gasteiger partial charge on any atom is 0.311 e. The summed E-state index contributed by atoms with van der Waals surface area (Å²) in [7, 11) is 1.37. The maximum absolute atomic E-state index is 12.3. The van der Waals surface area contributed by atoms with Crippen molar-refractivity contribution in [2.24, 2.45) is 17.8 Å². The number of rotatable bonds is 6. The Hall–Kier alpha value is -3.30. The van der Waals surface area contributed by atoms with Crippen LogP contribution in [-0.4, -0.2) is 46.8 Å². The number of fused-ring (bicyclic) bond motifs is 5. The number of benzene rings is 2. The van der Waals surface area contributed by atoms with Gasteiger partial charge in [-0.05, 0) is 73.6 Å². The summed E-state index contributed by atoms with van der Waals surface area (Å²) in [6.45, 7) is 3.23. The summed E-state index contributed by atoms with van der Waals surface area (Å²) in [5.74, 6) is -0.765. The topological polar surface area (TPSA) is 78.5 Å². The second-order valence-corrected chi connectivity index (χ2v) is 10.4. The number of aliphatic hydroxyl groups excluding tert-OH is 1. The Morgan fingerprint density at radius 3 is 2.75 bits per heavy atom. The van der Waals surface area contributed by atoms with Gasteiger partial charge in [0.25, 0.3) is 0 Å². The third kappa shape index (κ3) is 4.37. The van der Waals surface area contributed by atoms with Crippen molar-refractivity contribution in [2.75, 3.05) is 20.2 Å². The Morgan fingerprint density at radius 1 is 1.17 bits per heavy atom. The molecule has 2 aliphatic rings. The highest BCUT2D eigenvalue weighted by atomic mass is 16.5. The van der Waals surface area contributed by atoms with Crippen LogP contribution in [0.4, 0.5) is 0 Å². The van der Waals surface area contributed by atoms with E-state index in [2.05, 4.69) is 59.3 Å². The number of aliphatic hydroxyl groups is 1. The molecule has 0 saturated heterocycles. The fourth-order valence-corrected chi connectivity index (χ4v) is 6.51. The smallest absolute Gasteiger partial charge is 0.311 e. The molecule has 2 aromatic carbocycles. The van der Waals surface area contributed by atoms with Crippen molar-refractivity contribution < 1.29 is 14.6 Å². The molecule has 0 bridgehead atoms. The summed E-state index contributed by atoms with van der Waals surface area (Å²) in [6.07, 6.45) is 7.09. The number of esters is 1. The Kier molecular flexibility index (Phi) is 7.02. The zero-order valence-corrected chi connectivity index (χ0v) is 21.2. The predicted octanol–water partition coefficient (Wildman–Crippen LogP) is 4.64. The van der Waals surface area contributed by atoms with Gasteiger partial charge in [-0.15, -0.1) is 0 Å². The highest BCUT2D eigenvalue weighted by Gasteiger charge is 2.41. The van der Waals surface area contributed by atoms with E-state index in [1.165, 1.54) is 40.5 Å². The molecule has 36 heavy (non-hydrogen) atoms. The van der Waals surface area contributed by atoms with Crippen molar-refractivity contribution in [1.82, 2.24) is 9.47 Å². The lowest BCUT2D eigenvalue weighted by Gasteiger charge is -2.39. The molecule has 188 valence electrons. The van der Waals surface area contributed by atoms with Gasteiger partial charge in [0.2, 0.25) is 0 Å². The van der Waals surface area contributed by atoms with E-state index >= 15 is 0 Å². The molecule has 1 aliphatic carbocycles. The quantitative estimate of drug-likeness (QED) is 0.313.